The van der Waals surface area contributed by atoms with Gasteiger partial charge in [-0.2, -0.15) is 0 Å². The van der Waals surface area contributed by atoms with Crippen LogP contribution in [0.2, 0.25) is 0 Å². The van der Waals surface area contributed by atoms with Gasteiger partial charge in [0.2, 0.25) is 0 Å². The molecule has 4 rings (SSSR count). The van der Waals surface area contributed by atoms with E-state index in [1.165, 1.54) is 16.3 Å². The molecular formula is C22H25N5. The average Bonchev–Trinajstić information content (AvgIpc) is 2.75. The van der Waals surface area contributed by atoms with Crippen LogP contribution < -0.4 is 10.2 Å². The Kier molecular flexibility index (Phi) is 5.19. The van der Waals surface area contributed by atoms with E-state index in [0.717, 1.165) is 44.5 Å². The number of hydrogen-bond acceptors (Lipinski definition) is 3. The molecule has 1 aromatic heterocycles. The van der Waals surface area contributed by atoms with Gasteiger partial charge in [0, 0.05) is 46.0 Å². The van der Waals surface area contributed by atoms with Crippen molar-refractivity contribution in [3.8, 4) is 0 Å². The van der Waals surface area contributed by atoms with Gasteiger partial charge in [0.25, 0.3) is 0 Å². The maximum absolute atomic E-state index is 4.48. The van der Waals surface area contributed by atoms with Crippen LogP contribution in [0.4, 0.5) is 5.82 Å². The highest BCUT2D eigenvalue weighted by Gasteiger charge is 2.20. The molecular weight excluding hydrogens is 334 g/mol. The van der Waals surface area contributed by atoms with Gasteiger partial charge in [-0.05, 0) is 34.5 Å². The van der Waals surface area contributed by atoms with Gasteiger partial charge in [0.05, 0.1) is 0 Å². The minimum atomic E-state index is 0.776. The van der Waals surface area contributed by atoms with Gasteiger partial charge >= 0.3 is 0 Å². The largest absolute Gasteiger partial charge is 0.353 e. The molecule has 1 aliphatic rings. The van der Waals surface area contributed by atoms with Crippen LogP contribution in [0.1, 0.15) is 5.56 Å². The first kappa shape index (κ1) is 17.3. The van der Waals surface area contributed by atoms with Crippen molar-refractivity contribution in [2.45, 2.75) is 6.54 Å². The van der Waals surface area contributed by atoms with Crippen molar-refractivity contribution < 1.29 is 0 Å². The predicted octanol–water partition coefficient (Wildman–Crippen LogP) is 3.13. The molecule has 0 saturated carbocycles. The number of hydrogen-bond donors (Lipinski definition) is 1. The Balaban J connectivity index is 1.35. The SMILES string of the molecule is CN=C(NCc1ccc2ccccc2c1)N1CCN(c2ccccn2)CC1. The Morgan fingerprint density at radius 3 is 2.48 bits per heavy atom. The lowest BCUT2D eigenvalue weighted by Crippen LogP contribution is -2.52. The summed E-state index contributed by atoms with van der Waals surface area (Å²) in [5.41, 5.74) is 1.27. The molecule has 5 heteroatoms. The van der Waals surface area contributed by atoms with Gasteiger partial charge in [0.1, 0.15) is 5.82 Å². The zero-order valence-electron chi connectivity index (χ0n) is 15.7. The molecule has 1 N–H and O–H groups in total. The third kappa shape index (κ3) is 4.03. The maximum atomic E-state index is 4.48. The fraction of sp³-hybridized carbons (Fsp3) is 0.273. The molecule has 0 spiro atoms. The summed E-state index contributed by atoms with van der Waals surface area (Å²) < 4.78 is 0. The van der Waals surface area contributed by atoms with Gasteiger partial charge in [-0.3, -0.25) is 4.99 Å². The quantitative estimate of drug-likeness (QED) is 0.576. The van der Waals surface area contributed by atoms with Crippen LogP contribution in [-0.2, 0) is 6.54 Å². The van der Waals surface area contributed by atoms with Crippen molar-refractivity contribution >= 4 is 22.5 Å². The second-order valence-electron chi connectivity index (χ2n) is 6.74. The number of benzene rings is 2. The third-order valence-corrected chi connectivity index (χ3v) is 5.03. The summed E-state index contributed by atoms with van der Waals surface area (Å²) in [6.07, 6.45) is 1.85. The summed E-state index contributed by atoms with van der Waals surface area (Å²) in [7, 11) is 1.86. The van der Waals surface area contributed by atoms with Crippen LogP contribution in [0.3, 0.4) is 0 Å². The van der Waals surface area contributed by atoms with Crippen molar-refractivity contribution in [2.24, 2.45) is 4.99 Å². The Hall–Kier alpha value is -3.08. The van der Waals surface area contributed by atoms with Crippen LogP contribution in [0.15, 0.2) is 71.9 Å². The normalized spacial score (nSPS) is 15.2. The minimum Gasteiger partial charge on any atom is -0.353 e. The van der Waals surface area contributed by atoms with Crippen molar-refractivity contribution in [3.63, 3.8) is 0 Å². The minimum absolute atomic E-state index is 0.776. The van der Waals surface area contributed by atoms with Gasteiger partial charge in [-0.1, -0.05) is 42.5 Å². The van der Waals surface area contributed by atoms with Gasteiger partial charge in [-0.25, -0.2) is 4.98 Å². The molecule has 2 heterocycles. The van der Waals surface area contributed by atoms with E-state index < -0.39 is 0 Å². The summed E-state index contributed by atoms with van der Waals surface area (Å²) in [6.45, 7) is 4.56. The van der Waals surface area contributed by atoms with Gasteiger partial charge in [0.15, 0.2) is 5.96 Å². The number of nitrogens with zero attached hydrogens (tertiary/aromatic N) is 4. The second kappa shape index (κ2) is 8.08. The highest BCUT2D eigenvalue weighted by Crippen LogP contribution is 2.16. The lowest BCUT2D eigenvalue weighted by molar-refractivity contribution is 0.371. The van der Waals surface area contributed by atoms with E-state index in [-0.39, 0.29) is 0 Å². The van der Waals surface area contributed by atoms with Crippen LogP contribution in [0, 0.1) is 0 Å². The molecule has 0 bridgehead atoms. The van der Waals surface area contributed by atoms with Crippen molar-refractivity contribution in [2.75, 3.05) is 38.1 Å². The first-order valence-electron chi connectivity index (χ1n) is 9.43. The van der Waals surface area contributed by atoms with E-state index in [1.807, 2.05) is 25.4 Å². The smallest absolute Gasteiger partial charge is 0.194 e. The topological polar surface area (TPSA) is 43.8 Å². The summed E-state index contributed by atoms with van der Waals surface area (Å²) >= 11 is 0. The number of fused-ring (bicyclic) bond motifs is 1. The molecule has 138 valence electrons. The Labute approximate surface area is 160 Å². The molecule has 5 nitrogen and oxygen atoms in total. The molecule has 1 fully saturated rings. The fourth-order valence-electron chi connectivity index (χ4n) is 3.55. The van der Waals surface area contributed by atoms with Crippen LogP contribution in [-0.4, -0.2) is 49.1 Å². The molecule has 0 radical (unpaired) electrons. The molecule has 1 saturated heterocycles. The molecule has 0 atom stereocenters. The Morgan fingerprint density at radius 2 is 1.74 bits per heavy atom. The maximum Gasteiger partial charge on any atom is 0.194 e. The van der Waals surface area contributed by atoms with Crippen LogP contribution in [0.5, 0.6) is 0 Å². The zero-order chi connectivity index (χ0) is 18.5. The summed E-state index contributed by atoms with van der Waals surface area (Å²) in [6, 6.07) is 21.1. The number of piperazine rings is 1. The highest BCUT2D eigenvalue weighted by atomic mass is 15.4. The van der Waals surface area contributed by atoms with Crippen molar-refractivity contribution in [3.05, 3.63) is 72.4 Å². The van der Waals surface area contributed by atoms with Gasteiger partial charge in [-0.15, -0.1) is 0 Å². The summed E-state index contributed by atoms with van der Waals surface area (Å²) in [5.74, 6) is 2.01. The van der Waals surface area contributed by atoms with E-state index in [2.05, 4.69) is 73.6 Å². The number of aromatic nitrogens is 1. The Bertz CT molecular complexity index is 914. The summed E-state index contributed by atoms with van der Waals surface area (Å²) in [4.78, 5) is 13.6. The lowest BCUT2D eigenvalue weighted by atomic mass is 10.1. The predicted molar refractivity (Wildman–Crippen MR) is 112 cm³/mol. The molecule has 0 unspecified atom stereocenters. The monoisotopic (exact) mass is 359 g/mol. The number of anilines is 1. The van der Waals surface area contributed by atoms with Crippen molar-refractivity contribution in [1.82, 2.24) is 15.2 Å². The Morgan fingerprint density at radius 1 is 0.963 bits per heavy atom. The average molecular weight is 359 g/mol. The number of rotatable bonds is 3. The highest BCUT2D eigenvalue weighted by molar-refractivity contribution is 5.83. The van der Waals surface area contributed by atoms with E-state index in [4.69, 9.17) is 0 Å². The fourth-order valence-corrected chi connectivity index (χ4v) is 3.55. The van der Waals surface area contributed by atoms with Crippen LogP contribution in [0.25, 0.3) is 10.8 Å². The van der Waals surface area contributed by atoms with Gasteiger partial charge < -0.3 is 15.1 Å². The molecule has 2 aromatic carbocycles. The first-order chi connectivity index (χ1) is 13.3. The second-order valence-corrected chi connectivity index (χ2v) is 6.74. The molecule has 0 amide bonds. The summed E-state index contributed by atoms with van der Waals surface area (Å²) in [5, 5.41) is 6.06. The molecule has 3 aromatic rings. The molecule has 0 aliphatic carbocycles. The van der Waals surface area contributed by atoms with E-state index in [1.54, 1.807) is 0 Å². The first-order valence-corrected chi connectivity index (χ1v) is 9.43. The molecule has 1 aliphatic heterocycles. The van der Waals surface area contributed by atoms with Crippen LogP contribution >= 0.6 is 0 Å². The van der Waals surface area contributed by atoms with Crippen molar-refractivity contribution in [1.29, 1.82) is 0 Å². The zero-order valence-corrected chi connectivity index (χ0v) is 15.7. The standard InChI is InChI=1S/C22H25N5/c1-23-22(25-17-18-9-10-19-6-2-3-7-20(19)16-18)27-14-12-26(13-15-27)21-8-4-5-11-24-21/h2-11,16H,12-15,17H2,1H3,(H,23,25). The lowest BCUT2D eigenvalue weighted by Gasteiger charge is -2.37. The van der Waals surface area contributed by atoms with E-state index in [0.29, 0.717) is 0 Å². The van der Waals surface area contributed by atoms with E-state index >= 15 is 0 Å². The number of nitrogens with one attached hydrogen (secondary N) is 1. The molecule has 27 heavy (non-hydrogen) atoms. The number of guanidine groups is 1. The number of pyridine rings is 1. The third-order valence-electron chi connectivity index (χ3n) is 5.03. The van der Waals surface area contributed by atoms with E-state index in [9.17, 15) is 0 Å². The number of aliphatic imine (C=N–C) groups is 1.